The van der Waals surface area contributed by atoms with E-state index in [2.05, 4.69) is 9.80 Å². The van der Waals surface area contributed by atoms with Crippen LogP contribution in [-0.2, 0) is 0 Å². The van der Waals surface area contributed by atoms with E-state index in [1.165, 1.54) is 6.07 Å². The smallest absolute Gasteiger partial charge is 0.130 e. The number of piperazine rings is 1. The van der Waals surface area contributed by atoms with Crippen LogP contribution in [0.5, 0.6) is 0 Å². The van der Waals surface area contributed by atoms with Gasteiger partial charge in [-0.05, 0) is 31.9 Å². The molecule has 0 saturated carbocycles. The van der Waals surface area contributed by atoms with E-state index in [0.29, 0.717) is 5.56 Å². The summed E-state index contributed by atoms with van der Waals surface area (Å²) in [5, 5.41) is 8.83. The van der Waals surface area contributed by atoms with Crippen LogP contribution in [-0.4, -0.2) is 54.2 Å². The van der Waals surface area contributed by atoms with E-state index in [4.69, 9.17) is 5.11 Å². The molecule has 1 aromatic carbocycles. The van der Waals surface area contributed by atoms with Crippen molar-refractivity contribution in [3.63, 3.8) is 0 Å². The SMILES string of the molecule is CCC(c1ccc(F)cc1F)N1CCN(CCCCO)CC1. The predicted molar refractivity (Wildman–Crippen MR) is 83.7 cm³/mol. The fraction of sp³-hybridized carbons (Fsp3) is 0.647. The molecule has 0 bridgehead atoms. The molecule has 1 atom stereocenters. The molecule has 124 valence electrons. The number of hydrogen-bond donors (Lipinski definition) is 1. The molecule has 0 amide bonds. The summed E-state index contributed by atoms with van der Waals surface area (Å²) in [7, 11) is 0. The second-order valence-electron chi connectivity index (χ2n) is 5.90. The molecule has 1 heterocycles. The lowest BCUT2D eigenvalue weighted by molar-refractivity contribution is 0.0902. The van der Waals surface area contributed by atoms with E-state index in [0.717, 1.165) is 58.1 Å². The Balaban J connectivity index is 1.93. The van der Waals surface area contributed by atoms with Crippen LogP contribution in [0.25, 0.3) is 0 Å². The van der Waals surface area contributed by atoms with E-state index < -0.39 is 11.6 Å². The van der Waals surface area contributed by atoms with Crippen molar-refractivity contribution in [3.8, 4) is 0 Å². The highest BCUT2D eigenvalue weighted by molar-refractivity contribution is 5.22. The monoisotopic (exact) mass is 312 g/mol. The zero-order valence-electron chi connectivity index (χ0n) is 13.3. The van der Waals surface area contributed by atoms with Gasteiger partial charge in [-0.3, -0.25) is 4.90 Å². The number of hydrogen-bond acceptors (Lipinski definition) is 3. The van der Waals surface area contributed by atoms with Crippen molar-refractivity contribution in [3.05, 3.63) is 35.4 Å². The second kappa shape index (κ2) is 8.56. The third-order valence-electron chi connectivity index (χ3n) is 4.44. The van der Waals surface area contributed by atoms with Gasteiger partial charge < -0.3 is 10.0 Å². The van der Waals surface area contributed by atoms with Crippen LogP contribution >= 0.6 is 0 Å². The Hall–Kier alpha value is -1.04. The van der Waals surface area contributed by atoms with Gasteiger partial charge in [0, 0.05) is 50.5 Å². The van der Waals surface area contributed by atoms with Crippen molar-refractivity contribution in [2.75, 3.05) is 39.3 Å². The molecule has 1 fully saturated rings. The minimum Gasteiger partial charge on any atom is -0.396 e. The molecule has 0 radical (unpaired) electrons. The lowest BCUT2D eigenvalue weighted by Crippen LogP contribution is -2.47. The molecular weight excluding hydrogens is 286 g/mol. The molecule has 3 nitrogen and oxygen atoms in total. The van der Waals surface area contributed by atoms with Crippen LogP contribution in [0.1, 0.15) is 37.8 Å². The van der Waals surface area contributed by atoms with Crippen molar-refractivity contribution < 1.29 is 13.9 Å². The summed E-state index contributed by atoms with van der Waals surface area (Å²) in [6, 6.07) is 3.90. The molecule has 1 aromatic rings. The first-order valence-electron chi connectivity index (χ1n) is 8.18. The van der Waals surface area contributed by atoms with E-state index in [1.807, 2.05) is 6.92 Å². The van der Waals surface area contributed by atoms with Gasteiger partial charge in [0.05, 0.1) is 0 Å². The van der Waals surface area contributed by atoms with Crippen molar-refractivity contribution in [1.29, 1.82) is 0 Å². The van der Waals surface area contributed by atoms with Gasteiger partial charge in [0.2, 0.25) is 0 Å². The van der Waals surface area contributed by atoms with E-state index >= 15 is 0 Å². The highest BCUT2D eigenvalue weighted by Crippen LogP contribution is 2.28. The number of nitrogens with zero attached hydrogens (tertiary/aromatic N) is 2. The first kappa shape index (κ1) is 17.3. The van der Waals surface area contributed by atoms with Gasteiger partial charge in [0.1, 0.15) is 11.6 Å². The Labute approximate surface area is 131 Å². The summed E-state index contributed by atoms with van der Waals surface area (Å²) in [5.74, 6) is -0.970. The molecule has 2 rings (SSSR count). The number of unbranched alkanes of at least 4 members (excludes halogenated alkanes) is 1. The Morgan fingerprint density at radius 1 is 1.14 bits per heavy atom. The molecule has 1 aliphatic rings. The largest absolute Gasteiger partial charge is 0.396 e. The van der Waals surface area contributed by atoms with Gasteiger partial charge in [-0.1, -0.05) is 13.0 Å². The Kier molecular flexibility index (Phi) is 6.73. The van der Waals surface area contributed by atoms with Gasteiger partial charge in [-0.25, -0.2) is 8.78 Å². The number of rotatable bonds is 7. The average molecular weight is 312 g/mol. The van der Waals surface area contributed by atoms with Gasteiger partial charge in [-0.15, -0.1) is 0 Å². The summed E-state index contributed by atoms with van der Waals surface area (Å²) in [6.07, 6.45) is 2.67. The molecular formula is C17H26F2N2O. The van der Waals surface area contributed by atoms with Gasteiger partial charge in [0.15, 0.2) is 0 Å². The fourth-order valence-corrected chi connectivity index (χ4v) is 3.19. The molecule has 1 unspecified atom stereocenters. The lowest BCUT2D eigenvalue weighted by Gasteiger charge is -2.39. The van der Waals surface area contributed by atoms with E-state index in [1.54, 1.807) is 6.07 Å². The predicted octanol–water partition coefficient (Wildman–Crippen LogP) is 2.81. The van der Waals surface area contributed by atoms with Crippen LogP contribution in [0.15, 0.2) is 18.2 Å². The standard InChI is InChI=1S/C17H26F2N2O/c1-2-17(15-6-5-14(18)13-16(15)19)21-10-8-20(9-11-21)7-3-4-12-22/h5-6,13,17,22H,2-4,7-12H2,1H3. The maximum atomic E-state index is 14.0. The first-order chi connectivity index (χ1) is 10.7. The molecule has 1 aliphatic heterocycles. The topological polar surface area (TPSA) is 26.7 Å². The summed E-state index contributed by atoms with van der Waals surface area (Å²) >= 11 is 0. The van der Waals surface area contributed by atoms with Gasteiger partial charge in [0.25, 0.3) is 0 Å². The second-order valence-corrected chi connectivity index (χ2v) is 5.90. The zero-order chi connectivity index (χ0) is 15.9. The summed E-state index contributed by atoms with van der Waals surface area (Å²) in [5.41, 5.74) is 0.595. The number of aliphatic hydroxyl groups is 1. The Morgan fingerprint density at radius 2 is 1.86 bits per heavy atom. The first-order valence-corrected chi connectivity index (χ1v) is 8.18. The Bertz CT molecular complexity index is 462. The molecule has 0 spiro atoms. The molecule has 1 N–H and O–H groups in total. The highest BCUT2D eigenvalue weighted by atomic mass is 19.1. The molecule has 1 saturated heterocycles. The summed E-state index contributed by atoms with van der Waals surface area (Å²) < 4.78 is 27.1. The Morgan fingerprint density at radius 3 is 2.45 bits per heavy atom. The van der Waals surface area contributed by atoms with Crippen molar-refractivity contribution in [1.82, 2.24) is 9.80 Å². The molecule has 5 heteroatoms. The van der Waals surface area contributed by atoms with Crippen LogP contribution in [0.3, 0.4) is 0 Å². The third kappa shape index (κ3) is 4.48. The summed E-state index contributed by atoms with van der Waals surface area (Å²) in [6.45, 7) is 7.03. The maximum absolute atomic E-state index is 14.0. The highest BCUT2D eigenvalue weighted by Gasteiger charge is 2.25. The lowest BCUT2D eigenvalue weighted by atomic mass is 10.0. The van der Waals surface area contributed by atoms with Crippen molar-refractivity contribution in [2.24, 2.45) is 0 Å². The van der Waals surface area contributed by atoms with Crippen LogP contribution in [0.4, 0.5) is 8.78 Å². The van der Waals surface area contributed by atoms with Crippen molar-refractivity contribution in [2.45, 2.75) is 32.2 Å². The fourth-order valence-electron chi connectivity index (χ4n) is 3.19. The zero-order valence-corrected chi connectivity index (χ0v) is 13.3. The molecule has 0 aliphatic carbocycles. The van der Waals surface area contributed by atoms with Gasteiger partial charge in [-0.2, -0.15) is 0 Å². The van der Waals surface area contributed by atoms with Crippen LogP contribution in [0.2, 0.25) is 0 Å². The third-order valence-corrected chi connectivity index (χ3v) is 4.44. The number of halogens is 2. The normalized spacial score (nSPS) is 18.5. The minimum atomic E-state index is -0.523. The van der Waals surface area contributed by atoms with Gasteiger partial charge >= 0.3 is 0 Å². The number of benzene rings is 1. The van der Waals surface area contributed by atoms with E-state index in [9.17, 15) is 8.78 Å². The van der Waals surface area contributed by atoms with Crippen LogP contribution < -0.4 is 0 Å². The summed E-state index contributed by atoms with van der Waals surface area (Å²) in [4.78, 5) is 4.68. The van der Waals surface area contributed by atoms with E-state index in [-0.39, 0.29) is 12.6 Å². The minimum absolute atomic E-state index is 0.0141. The quantitative estimate of drug-likeness (QED) is 0.784. The molecule has 0 aromatic heterocycles. The van der Waals surface area contributed by atoms with Crippen molar-refractivity contribution >= 4 is 0 Å². The average Bonchev–Trinajstić information content (AvgIpc) is 2.52. The van der Waals surface area contributed by atoms with Crippen LogP contribution in [0, 0.1) is 11.6 Å². The maximum Gasteiger partial charge on any atom is 0.130 e. The number of aliphatic hydroxyl groups excluding tert-OH is 1. The molecule has 22 heavy (non-hydrogen) atoms.